The van der Waals surface area contributed by atoms with Crippen molar-refractivity contribution in [1.29, 1.82) is 0 Å². The van der Waals surface area contributed by atoms with E-state index >= 15 is 0 Å². The van der Waals surface area contributed by atoms with Crippen LogP contribution in [0.4, 0.5) is 0 Å². The molecule has 15 heavy (non-hydrogen) atoms. The van der Waals surface area contributed by atoms with Gasteiger partial charge in [0.05, 0.1) is 0 Å². The van der Waals surface area contributed by atoms with Crippen LogP contribution in [0.2, 0.25) is 0 Å². The number of nitrogens with one attached hydrogen (secondary N) is 1. The van der Waals surface area contributed by atoms with E-state index < -0.39 is 0 Å². The molecule has 0 aromatic rings. The van der Waals surface area contributed by atoms with Crippen LogP contribution in [0.1, 0.15) is 27.2 Å². The molecule has 0 heterocycles. The first-order chi connectivity index (χ1) is 6.91. The molecule has 0 saturated carbocycles. The van der Waals surface area contributed by atoms with Gasteiger partial charge in [0.25, 0.3) is 0 Å². The Morgan fingerprint density at radius 1 is 1.20 bits per heavy atom. The van der Waals surface area contributed by atoms with Gasteiger partial charge in [-0.15, -0.1) is 0 Å². The number of rotatable bonds is 5. The smallest absolute Gasteiger partial charge is 0.225 e. The lowest BCUT2D eigenvalue weighted by molar-refractivity contribution is -0.138. The number of carbonyl (C=O) groups is 2. The Kier molecular flexibility index (Phi) is 5.97. The summed E-state index contributed by atoms with van der Waals surface area (Å²) in [5, 5.41) is 2.80. The molecule has 0 fully saturated rings. The van der Waals surface area contributed by atoms with E-state index in [1.54, 1.807) is 27.9 Å². The molecule has 0 rings (SSSR count). The van der Waals surface area contributed by atoms with Crippen LogP contribution in [0.3, 0.4) is 0 Å². The fourth-order valence-corrected chi connectivity index (χ4v) is 1.26. The average molecular weight is 214 g/mol. The van der Waals surface area contributed by atoms with Crippen LogP contribution >= 0.6 is 0 Å². The summed E-state index contributed by atoms with van der Waals surface area (Å²) in [5.41, 5.74) is 0. The molecule has 0 radical (unpaired) electrons. The van der Waals surface area contributed by atoms with E-state index in [9.17, 15) is 9.59 Å². The molecule has 0 spiro atoms. The van der Waals surface area contributed by atoms with Crippen LogP contribution in [0.5, 0.6) is 0 Å². The van der Waals surface area contributed by atoms with Crippen molar-refractivity contribution in [3.05, 3.63) is 0 Å². The fourth-order valence-electron chi connectivity index (χ4n) is 1.26. The van der Waals surface area contributed by atoms with E-state index in [0.29, 0.717) is 6.54 Å². The van der Waals surface area contributed by atoms with Gasteiger partial charge in [-0.05, 0) is 6.42 Å². The largest absolute Gasteiger partial charge is 0.356 e. The second kappa shape index (κ2) is 6.43. The summed E-state index contributed by atoms with van der Waals surface area (Å²) in [6, 6.07) is 0. The van der Waals surface area contributed by atoms with Crippen LogP contribution in [-0.4, -0.2) is 37.4 Å². The standard InChI is InChI=1S/C11H22N2O2/c1-6-7-12-10(14)8(2)9(3)11(15)13(4)5/h8-9H,6-7H2,1-5H3,(H,12,14). The molecular formula is C11H22N2O2. The first-order valence-corrected chi connectivity index (χ1v) is 5.40. The van der Waals surface area contributed by atoms with Gasteiger partial charge in [-0.25, -0.2) is 0 Å². The number of hydrogen-bond donors (Lipinski definition) is 1. The molecule has 2 atom stereocenters. The highest BCUT2D eigenvalue weighted by molar-refractivity contribution is 5.86. The van der Waals surface area contributed by atoms with Crippen LogP contribution in [0, 0.1) is 11.8 Å². The van der Waals surface area contributed by atoms with Crippen molar-refractivity contribution in [2.75, 3.05) is 20.6 Å². The average Bonchev–Trinajstić information content (AvgIpc) is 2.22. The lowest BCUT2D eigenvalue weighted by Gasteiger charge is -2.21. The zero-order valence-electron chi connectivity index (χ0n) is 10.3. The van der Waals surface area contributed by atoms with Crippen LogP contribution in [0.25, 0.3) is 0 Å². The SMILES string of the molecule is CCCNC(=O)C(C)C(C)C(=O)N(C)C. The Labute approximate surface area is 92.0 Å². The monoisotopic (exact) mass is 214 g/mol. The molecule has 2 amide bonds. The minimum atomic E-state index is -0.272. The van der Waals surface area contributed by atoms with E-state index in [2.05, 4.69) is 5.32 Å². The summed E-state index contributed by atoms with van der Waals surface area (Å²) in [7, 11) is 3.41. The Hall–Kier alpha value is -1.06. The maximum Gasteiger partial charge on any atom is 0.225 e. The molecule has 0 saturated heterocycles. The highest BCUT2D eigenvalue weighted by Gasteiger charge is 2.26. The second-order valence-corrected chi connectivity index (χ2v) is 4.10. The minimum Gasteiger partial charge on any atom is -0.356 e. The topological polar surface area (TPSA) is 49.4 Å². The van der Waals surface area contributed by atoms with E-state index in [1.807, 2.05) is 6.92 Å². The molecule has 0 aliphatic carbocycles. The molecule has 0 aliphatic rings. The maximum absolute atomic E-state index is 11.6. The van der Waals surface area contributed by atoms with Crippen molar-refractivity contribution >= 4 is 11.8 Å². The summed E-state index contributed by atoms with van der Waals surface area (Å²) < 4.78 is 0. The normalized spacial score (nSPS) is 14.2. The molecular weight excluding hydrogens is 192 g/mol. The number of hydrogen-bond acceptors (Lipinski definition) is 2. The van der Waals surface area contributed by atoms with Crippen molar-refractivity contribution in [1.82, 2.24) is 10.2 Å². The number of carbonyl (C=O) groups excluding carboxylic acids is 2. The number of nitrogens with zero attached hydrogens (tertiary/aromatic N) is 1. The van der Waals surface area contributed by atoms with Crippen LogP contribution in [0.15, 0.2) is 0 Å². The lowest BCUT2D eigenvalue weighted by Crippen LogP contribution is -2.39. The summed E-state index contributed by atoms with van der Waals surface area (Å²) in [6.45, 7) is 6.25. The van der Waals surface area contributed by atoms with Gasteiger partial charge in [-0.3, -0.25) is 9.59 Å². The van der Waals surface area contributed by atoms with Gasteiger partial charge >= 0.3 is 0 Å². The van der Waals surface area contributed by atoms with Crippen molar-refractivity contribution in [2.24, 2.45) is 11.8 Å². The van der Waals surface area contributed by atoms with Gasteiger partial charge in [0.2, 0.25) is 11.8 Å². The first kappa shape index (κ1) is 13.9. The van der Waals surface area contributed by atoms with Crippen LogP contribution < -0.4 is 5.32 Å². The summed E-state index contributed by atoms with van der Waals surface area (Å²) in [6.07, 6.45) is 0.911. The van der Waals surface area contributed by atoms with E-state index in [0.717, 1.165) is 6.42 Å². The van der Waals surface area contributed by atoms with Crippen molar-refractivity contribution in [2.45, 2.75) is 27.2 Å². The second-order valence-electron chi connectivity index (χ2n) is 4.10. The van der Waals surface area contributed by atoms with Crippen LogP contribution in [-0.2, 0) is 9.59 Å². The molecule has 2 unspecified atom stereocenters. The predicted molar refractivity (Wildman–Crippen MR) is 60.3 cm³/mol. The predicted octanol–water partition coefficient (Wildman–Crippen LogP) is 0.873. The minimum absolute atomic E-state index is 0.00542. The zero-order valence-corrected chi connectivity index (χ0v) is 10.3. The molecule has 0 aliphatic heterocycles. The number of amides is 2. The van der Waals surface area contributed by atoms with Gasteiger partial charge in [-0.2, -0.15) is 0 Å². The molecule has 4 heteroatoms. The third-order valence-electron chi connectivity index (χ3n) is 2.54. The van der Waals surface area contributed by atoms with Gasteiger partial charge in [0.1, 0.15) is 0 Å². The van der Waals surface area contributed by atoms with E-state index in [-0.39, 0.29) is 23.7 Å². The summed E-state index contributed by atoms with van der Waals surface area (Å²) >= 11 is 0. The van der Waals surface area contributed by atoms with Gasteiger partial charge in [0.15, 0.2) is 0 Å². The zero-order chi connectivity index (χ0) is 12.0. The Bertz CT molecular complexity index is 227. The Balaban J connectivity index is 4.24. The summed E-state index contributed by atoms with van der Waals surface area (Å²) in [5.74, 6) is -0.586. The van der Waals surface area contributed by atoms with Gasteiger partial charge < -0.3 is 10.2 Å². The van der Waals surface area contributed by atoms with Gasteiger partial charge in [-0.1, -0.05) is 20.8 Å². The molecule has 0 aromatic carbocycles. The molecule has 1 N–H and O–H groups in total. The fraction of sp³-hybridized carbons (Fsp3) is 0.818. The lowest BCUT2D eigenvalue weighted by atomic mass is 9.94. The van der Waals surface area contributed by atoms with E-state index in [4.69, 9.17) is 0 Å². The molecule has 0 aromatic heterocycles. The molecule has 88 valence electrons. The first-order valence-electron chi connectivity index (χ1n) is 5.40. The third-order valence-corrected chi connectivity index (χ3v) is 2.54. The highest BCUT2D eigenvalue weighted by atomic mass is 16.2. The maximum atomic E-state index is 11.6. The molecule has 4 nitrogen and oxygen atoms in total. The quantitative estimate of drug-likeness (QED) is 0.738. The third kappa shape index (κ3) is 4.32. The van der Waals surface area contributed by atoms with Crippen molar-refractivity contribution in [3.8, 4) is 0 Å². The van der Waals surface area contributed by atoms with Gasteiger partial charge in [0, 0.05) is 32.5 Å². The Morgan fingerprint density at radius 3 is 2.13 bits per heavy atom. The summed E-state index contributed by atoms with van der Waals surface area (Å²) in [4.78, 5) is 24.7. The Morgan fingerprint density at radius 2 is 1.73 bits per heavy atom. The van der Waals surface area contributed by atoms with Crippen molar-refractivity contribution < 1.29 is 9.59 Å². The highest BCUT2D eigenvalue weighted by Crippen LogP contribution is 2.13. The van der Waals surface area contributed by atoms with Crippen molar-refractivity contribution in [3.63, 3.8) is 0 Å². The molecule has 0 bridgehead atoms. The van der Waals surface area contributed by atoms with E-state index in [1.165, 1.54) is 4.90 Å².